The van der Waals surface area contributed by atoms with Crippen LogP contribution < -0.4 is 5.32 Å². The maximum atomic E-state index is 12.3. The smallest absolute Gasteiger partial charge is 0.269 e. The molecule has 1 aliphatic heterocycles. The van der Waals surface area contributed by atoms with E-state index < -0.39 is 6.10 Å². The lowest BCUT2D eigenvalue weighted by molar-refractivity contribution is -0.145. The number of hydrogen-bond donors (Lipinski definition) is 1. The van der Waals surface area contributed by atoms with Gasteiger partial charge in [0.05, 0.1) is 30.6 Å². The molecular formula is C20H22ClN5O4. The van der Waals surface area contributed by atoms with Crippen molar-refractivity contribution in [1.82, 2.24) is 25.2 Å². The largest absolute Gasteiger partial charge is 0.382 e. The van der Waals surface area contributed by atoms with Crippen molar-refractivity contribution >= 4 is 23.4 Å². The lowest BCUT2D eigenvalue weighted by Crippen LogP contribution is -2.51. The number of pyridine rings is 1. The van der Waals surface area contributed by atoms with Gasteiger partial charge in [-0.25, -0.2) is 15.0 Å². The zero-order valence-electron chi connectivity index (χ0n) is 16.7. The zero-order valence-corrected chi connectivity index (χ0v) is 17.4. The number of carbonyl (C=O) groups is 2. The van der Waals surface area contributed by atoms with Crippen LogP contribution in [-0.2, 0) is 14.3 Å². The molecule has 9 nitrogen and oxygen atoms in total. The van der Waals surface area contributed by atoms with Crippen molar-refractivity contribution in [2.24, 2.45) is 0 Å². The summed E-state index contributed by atoms with van der Waals surface area (Å²) in [5.41, 5.74) is 1.82. The Morgan fingerprint density at radius 2 is 2.17 bits per heavy atom. The number of nitrogens with zero attached hydrogens (tertiary/aromatic N) is 4. The minimum atomic E-state index is -0.484. The molecule has 158 valence electrons. The van der Waals surface area contributed by atoms with E-state index in [0.29, 0.717) is 30.1 Å². The van der Waals surface area contributed by atoms with Crippen molar-refractivity contribution in [3.05, 3.63) is 53.6 Å². The quantitative estimate of drug-likeness (QED) is 0.547. The molecule has 0 spiro atoms. The van der Waals surface area contributed by atoms with Crippen LogP contribution in [0, 0.1) is 0 Å². The third-order valence-corrected chi connectivity index (χ3v) is 4.90. The van der Waals surface area contributed by atoms with Crippen molar-refractivity contribution in [1.29, 1.82) is 0 Å². The summed E-state index contributed by atoms with van der Waals surface area (Å²) in [5.74, 6) is -0.535. The van der Waals surface area contributed by atoms with E-state index in [0.717, 1.165) is 0 Å². The van der Waals surface area contributed by atoms with Crippen molar-refractivity contribution in [3.8, 4) is 11.4 Å². The molecule has 3 rings (SSSR count). The van der Waals surface area contributed by atoms with Gasteiger partial charge >= 0.3 is 0 Å². The monoisotopic (exact) mass is 431 g/mol. The standard InChI is InChI=1S/C20H22ClN5O4/c1-4-18(27)26-5-6-30-19(16(26)10-29-3)12-7-14(25-17(21)8-12)13-9-15(20(28)22-2)24-11-23-13/h4,7-9,11,16,19H,1,5-6,10H2,2-3H3,(H,22,28)/t16-,19-/m1/s1. The number of hydrogen-bond acceptors (Lipinski definition) is 7. The lowest BCUT2D eigenvalue weighted by Gasteiger charge is -2.40. The Bertz CT molecular complexity index is 955. The summed E-state index contributed by atoms with van der Waals surface area (Å²) >= 11 is 6.28. The average Bonchev–Trinajstić information content (AvgIpc) is 2.78. The molecule has 0 radical (unpaired) electrons. The average molecular weight is 432 g/mol. The molecule has 10 heteroatoms. The summed E-state index contributed by atoms with van der Waals surface area (Å²) in [5, 5.41) is 2.75. The third-order valence-electron chi connectivity index (χ3n) is 4.71. The van der Waals surface area contributed by atoms with Gasteiger partial charge in [0.15, 0.2) is 0 Å². The molecule has 0 aromatic carbocycles. The van der Waals surface area contributed by atoms with Crippen molar-refractivity contribution in [2.45, 2.75) is 12.1 Å². The Labute approximate surface area is 179 Å². The van der Waals surface area contributed by atoms with Gasteiger partial charge in [0.2, 0.25) is 5.91 Å². The van der Waals surface area contributed by atoms with Gasteiger partial charge in [0, 0.05) is 20.7 Å². The van der Waals surface area contributed by atoms with Crippen LogP contribution in [0.15, 0.2) is 37.2 Å². The first-order valence-electron chi connectivity index (χ1n) is 9.24. The van der Waals surface area contributed by atoms with Crippen LogP contribution in [0.25, 0.3) is 11.4 Å². The summed E-state index contributed by atoms with van der Waals surface area (Å²) in [6.07, 6.45) is 2.08. The molecule has 1 saturated heterocycles. The predicted molar refractivity (Wildman–Crippen MR) is 110 cm³/mol. The van der Waals surface area contributed by atoms with Crippen molar-refractivity contribution in [2.75, 3.05) is 33.9 Å². The van der Waals surface area contributed by atoms with Crippen LogP contribution in [0.1, 0.15) is 22.2 Å². The maximum Gasteiger partial charge on any atom is 0.269 e. The molecule has 1 aliphatic rings. The van der Waals surface area contributed by atoms with Crippen molar-refractivity contribution < 1.29 is 19.1 Å². The van der Waals surface area contributed by atoms with Crippen LogP contribution in [0.2, 0.25) is 5.15 Å². The van der Waals surface area contributed by atoms with Gasteiger partial charge < -0.3 is 19.7 Å². The topological polar surface area (TPSA) is 107 Å². The van der Waals surface area contributed by atoms with Crippen LogP contribution >= 0.6 is 11.6 Å². The Morgan fingerprint density at radius 1 is 1.37 bits per heavy atom. The number of morpholine rings is 1. The summed E-state index contributed by atoms with van der Waals surface area (Å²) in [6, 6.07) is 4.62. The second-order valence-corrected chi connectivity index (χ2v) is 6.91. The van der Waals surface area contributed by atoms with E-state index in [1.807, 2.05) is 0 Å². The number of methoxy groups -OCH3 is 1. The van der Waals surface area contributed by atoms with Gasteiger partial charge in [-0.05, 0) is 29.8 Å². The van der Waals surface area contributed by atoms with E-state index in [4.69, 9.17) is 21.1 Å². The minimum absolute atomic E-state index is 0.197. The molecule has 0 aliphatic carbocycles. The highest BCUT2D eigenvalue weighted by atomic mass is 35.5. The number of halogens is 1. The predicted octanol–water partition coefficient (Wildman–Crippen LogP) is 1.65. The number of amides is 2. The maximum absolute atomic E-state index is 12.3. The first-order valence-corrected chi connectivity index (χ1v) is 9.61. The Balaban J connectivity index is 2.00. The number of nitrogens with one attached hydrogen (secondary N) is 1. The van der Waals surface area contributed by atoms with E-state index in [9.17, 15) is 9.59 Å². The summed E-state index contributed by atoms with van der Waals surface area (Å²) in [7, 11) is 3.08. The zero-order chi connectivity index (χ0) is 21.7. The molecule has 2 aromatic rings. The number of rotatable bonds is 6. The Kier molecular flexibility index (Phi) is 7.09. The molecule has 3 heterocycles. The Morgan fingerprint density at radius 3 is 2.87 bits per heavy atom. The molecule has 0 unspecified atom stereocenters. The first-order chi connectivity index (χ1) is 14.5. The third kappa shape index (κ3) is 4.64. The van der Waals surface area contributed by atoms with E-state index in [1.165, 1.54) is 25.5 Å². The van der Waals surface area contributed by atoms with Crippen molar-refractivity contribution in [3.63, 3.8) is 0 Å². The highest BCUT2D eigenvalue weighted by Crippen LogP contribution is 2.32. The minimum Gasteiger partial charge on any atom is -0.382 e. The normalized spacial score (nSPS) is 18.7. The van der Waals surface area contributed by atoms with Gasteiger partial charge in [-0.2, -0.15) is 0 Å². The summed E-state index contributed by atoms with van der Waals surface area (Å²) < 4.78 is 11.3. The summed E-state index contributed by atoms with van der Waals surface area (Å²) in [6.45, 7) is 4.63. The van der Waals surface area contributed by atoms with Gasteiger partial charge in [0.25, 0.3) is 5.91 Å². The van der Waals surface area contributed by atoms with Crippen LogP contribution in [-0.4, -0.2) is 71.6 Å². The van der Waals surface area contributed by atoms with Crippen LogP contribution in [0.4, 0.5) is 0 Å². The van der Waals surface area contributed by atoms with E-state index >= 15 is 0 Å². The fraction of sp³-hybridized carbons (Fsp3) is 0.350. The Hall–Kier alpha value is -2.88. The fourth-order valence-electron chi connectivity index (χ4n) is 3.34. The molecule has 2 atom stereocenters. The molecule has 0 saturated carbocycles. The first kappa shape index (κ1) is 21.8. The number of aromatic nitrogens is 3. The molecule has 1 N–H and O–H groups in total. The molecule has 2 amide bonds. The van der Waals surface area contributed by atoms with E-state index in [2.05, 4.69) is 26.8 Å². The van der Waals surface area contributed by atoms with Gasteiger partial charge in [0.1, 0.15) is 23.3 Å². The second kappa shape index (κ2) is 9.75. The fourth-order valence-corrected chi connectivity index (χ4v) is 3.55. The highest BCUT2D eigenvalue weighted by Gasteiger charge is 2.36. The van der Waals surface area contributed by atoms with Gasteiger partial charge in [-0.1, -0.05) is 18.2 Å². The van der Waals surface area contributed by atoms with E-state index in [-0.39, 0.29) is 35.3 Å². The second-order valence-electron chi connectivity index (χ2n) is 6.53. The van der Waals surface area contributed by atoms with Gasteiger partial charge in [-0.3, -0.25) is 9.59 Å². The lowest BCUT2D eigenvalue weighted by atomic mass is 9.99. The molecule has 2 aromatic heterocycles. The van der Waals surface area contributed by atoms with Gasteiger partial charge in [-0.15, -0.1) is 0 Å². The summed E-state index contributed by atoms with van der Waals surface area (Å²) in [4.78, 5) is 38.4. The number of carbonyl (C=O) groups excluding carboxylic acids is 2. The molecule has 0 bridgehead atoms. The van der Waals surface area contributed by atoms with Crippen LogP contribution in [0.5, 0.6) is 0 Å². The highest BCUT2D eigenvalue weighted by molar-refractivity contribution is 6.29. The molecule has 1 fully saturated rings. The number of ether oxygens (including phenoxy) is 2. The van der Waals surface area contributed by atoms with E-state index in [1.54, 1.807) is 24.1 Å². The van der Waals surface area contributed by atoms with Crippen LogP contribution in [0.3, 0.4) is 0 Å². The SMILES string of the molecule is C=CC(=O)N1CCO[C@H](c2cc(Cl)nc(-c3cc(C(=O)NC)ncn3)c2)[C@H]1COC. The molecular weight excluding hydrogens is 410 g/mol. The molecule has 30 heavy (non-hydrogen) atoms.